The molecule has 0 N–H and O–H groups in total. The van der Waals surface area contributed by atoms with Gasteiger partial charge in [-0.25, -0.2) is 0 Å². The van der Waals surface area contributed by atoms with Crippen molar-refractivity contribution in [2.24, 2.45) is 5.92 Å². The Morgan fingerprint density at radius 1 is 1.04 bits per heavy atom. The van der Waals surface area contributed by atoms with Crippen molar-refractivity contribution < 1.29 is 52.1 Å². The molecule has 0 aromatic rings. The van der Waals surface area contributed by atoms with Gasteiger partial charge in [0.05, 0.1) is 0 Å². The van der Waals surface area contributed by atoms with Gasteiger partial charge >= 0.3 is 158 Å². The minimum atomic E-state index is 0.290. The zero-order chi connectivity index (χ0) is 21.0. The maximum absolute atomic E-state index is 7.50. The van der Waals surface area contributed by atoms with E-state index in [9.17, 15) is 0 Å². The Kier molecular flexibility index (Phi) is 28.5. The van der Waals surface area contributed by atoms with Crippen molar-refractivity contribution in [1.29, 1.82) is 0 Å². The quantitative estimate of drug-likeness (QED) is 0.421. The van der Waals surface area contributed by atoms with Crippen LogP contribution >= 0.6 is 0 Å². The summed E-state index contributed by atoms with van der Waals surface area (Å²) in [6, 6.07) is 0. The number of rotatable bonds is 3. The van der Waals surface area contributed by atoms with E-state index >= 15 is 0 Å². The van der Waals surface area contributed by atoms with Crippen molar-refractivity contribution in [2.45, 2.75) is 25.9 Å². The third-order valence-corrected chi connectivity index (χ3v) is 4.52. The molecule has 7 nitrogen and oxygen atoms in total. The van der Waals surface area contributed by atoms with Crippen LogP contribution in [-0.4, -0.2) is 23.9 Å². The molecule has 2 rings (SSSR count). The summed E-state index contributed by atoms with van der Waals surface area (Å²) >= 11 is 1.37. The molecule has 132 valence electrons. The molecule has 2 aliphatic rings. The molecule has 25 heavy (non-hydrogen) atoms. The number of fused-ring (bicyclic) bond motifs is 1. The van der Waals surface area contributed by atoms with Gasteiger partial charge < -0.3 is 0 Å². The summed E-state index contributed by atoms with van der Waals surface area (Å²) in [4.78, 5) is 0. The van der Waals surface area contributed by atoms with E-state index in [1.54, 1.807) is 7.11 Å². The molecule has 0 aromatic heterocycles. The van der Waals surface area contributed by atoms with E-state index in [1.165, 1.54) is 48.9 Å². The zero-order valence-electron chi connectivity index (χ0n) is 13.7. The maximum atomic E-state index is 7.50. The van der Waals surface area contributed by atoms with Crippen LogP contribution in [0, 0.1) is 39.2 Å². The van der Waals surface area contributed by atoms with Gasteiger partial charge in [0.1, 0.15) is 0 Å². The van der Waals surface area contributed by atoms with Crippen molar-refractivity contribution in [3.8, 4) is 0 Å². The van der Waals surface area contributed by atoms with Gasteiger partial charge in [-0.1, -0.05) is 0 Å². The molecule has 0 aromatic carbocycles. The standard InChI is InChI=1S/C12H16O2.5CO.W/c1-8(2)11-9-5-4-6-14-12(9)10(11)7-13-3;5*1-2;/h9,12H,1,4-6H2,2-3H3;;;;;;. The van der Waals surface area contributed by atoms with E-state index < -0.39 is 0 Å². The van der Waals surface area contributed by atoms with Crippen LogP contribution in [0.1, 0.15) is 19.8 Å². The minimum absolute atomic E-state index is 0.290. The molecular weight excluding hydrogens is 500 g/mol. The summed E-state index contributed by atoms with van der Waals surface area (Å²) in [6.07, 6.45) is 2.70. The van der Waals surface area contributed by atoms with Gasteiger partial charge in [0.2, 0.25) is 0 Å². The van der Waals surface area contributed by atoms with Gasteiger partial charge in [-0.2, -0.15) is 0 Å². The van der Waals surface area contributed by atoms with Gasteiger partial charge in [0.25, 0.3) is 0 Å². The number of hydrogen-bond donors (Lipinski definition) is 0. The van der Waals surface area contributed by atoms with E-state index in [0.29, 0.717) is 5.92 Å². The van der Waals surface area contributed by atoms with Crippen LogP contribution in [0.2, 0.25) is 0 Å². The van der Waals surface area contributed by atoms with E-state index in [-0.39, 0.29) is 6.10 Å². The molecule has 0 saturated carbocycles. The molecule has 8 heteroatoms. The Morgan fingerprint density at radius 2 is 1.48 bits per heavy atom. The Morgan fingerprint density at radius 3 is 1.84 bits per heavy atom. The molecule has 2 atom stereocenters. The summed E-state index contributed by atoms with van der Waals surface area (Å²) in [7, 11) is 1.74. The van der Waals surface area contributed by atoms with Gasteiger partial charge in [-0.15, -0.1) is 0 Å². The molecule has 1 aliphatic carbocycles. The van der Waals surface area contributed by atoms with Crippen molar-refractivity contribution in [1.82, 2.24) is 0 Å². The van der Waals surface area contributed by atoms with Gasteiger partial charge in [0, 0.05) is 0 Å². The molecule has 1 aliphatic heterocycles. The number of methoxy groups -OCH3 is 1. The summed E-state index contributed by atoms with van der Waals surface area (Å²) in [5.74, 6) is 0.579. The Balaban J connectivity index is -0.000000191. The van der Waals surface area contributed by atoms with Gasteiger partial charge in [0.15, 0.2) is 0 Å². The zero-order valence-corrected chi connectivity index (χ0v) is 16.7. The van der Waals surface area contributed by atoms with E-state index in [2.05, 4.69) is 46.8 Å². The molecule has 1 fully saturated rings. The number of ether oxygens (including phenoxy) is 2. The van der Waals surface area contributed by atoms with Crippen molar-refractivity contribution >= 4 is 4.08 Å². The third kappa shape index (κ3) is 9.65. The van der Waals surface area contributed by atoms with Crippen LogP contribution < -0.4 is 0 Å². The monoisotopic (exact) mass is 516 g/mol. The summed E-state index contributed by atoms with van der Waals surface area (Å²) < 4.78 is 49.7. The van der Waals surface area contributed by atoms with Crippen LogP contribution in [0.25, 0.3) is 0 Å². The molecule has 0 spiro atoms. The normalized spacial score (nSPS) is 18.1. The Bertz CT molecular complexity index is 503. The van der Waals surface area contributed by atoms with Crippen molar-refractivity contribution in [2.75, 3.05) is 13.7 Å². The van der Waals surface area contributed by atoms with Gasteiger partial charge in [-0.05, 0) is 0 Å². The fraction of sp³-hybridized carbons (Fsp3) is 0.412. The van der Waals surface area contributed by atoms with E-state index in [4.69, 9.17) is 32.7 Å². The summed E-state index contributed by atoms with van der Waals surface area (Å²) in [5.41, 5.74) is 3.85. The topological polar surface area (TPSA) is 118 Å². The first-order valence-corrected chi connectivity index (χ1v) is 7.75. The van der Waals surface area contributed by atoms with Crippen LogP contribution in [0.4, 0.5) is 0 Å². The second-order valence-corrected chi connectivity index (χ2v) is 5.47. The predicted octanol–water partition coefficient (Wildman–Crippen LogP) is 1.80. The van der Waals surface area contributed by atoms with Crippen LogP contribution in [0.15, 0.2) is 23.3 Å². The first kappa shape index (κ1) is 31.4. The van der Waals surface area contributed by atoms with Gasteiger partial charge in [-0.3, -0.25) is 0 Å². The molecule has 2 unspecified atom stereocenters. The number of allylic oxidation sites excluding steroid dienone is 1. The van der Waals surface area contributed by atoms with Crippen LogP contribution in [0.5, 0.6) is 0 Å². The first-order valence-electron chi connectivity index (χ1n) is 6.28. The van der Waals surface area contributed by atoms with Crippen LogP contribution in [0.3, 0.4) is 0 Å². The molecule has 1 heterocycles. The third-order valence-electron chi connectivity index (χ3n) is 3.13. The molecule has 0 radical (unpaired) electrons. The SMILES string of the molecule is C=C(C)C1=C([C](=[W])OC)C2OCCCC12.[C-]#[O+].[C-]#[O+].[C-]#[O+].[C-]#[O+].[C-]#[O+]. The van der Waals surface area contributed by atoms with Crippen molar-refractivity contribution in [3.63, 3.8) is 0 Å². The molecule has 0 bridgehead atoms. The average molecular weight is 516 g/mol. The fourth-order valence-corrected chi connectivity index (χ4v) is 3.31. The van der Waals surface area contributed by atoms with Crippen molar-refractivity contribution in [3.05, 3.63) is 56.6 Å². The first-order chi connectivity index (χ1) is 12.2. The molecule has 0 amide bonds. The number of hydrogen-bond acceptors (Lipinski definition) is 2. The van der Waals surface area contributed by atoms with E-state index in [1.807, 2.05) is 0 Å². The second kappa shape index (κ2) is 22.7. The molecular formula is C17H16O7W. The molecule has 1 saturated heterocycles. The average Bonchev–Trinajstić information content (AvgIpc) is 2.70. The second-order valence-electron chi connectivity index (χ2n) is 4.14. The summed E-state index contributed by atoms with van der Waals surface area (Å²) in [5, 5.41) is 0. The van der Waals surface area contributed by atoms with E-state index in [0.717, 1.165) is 10.7 Å². The predicted molar refractivity (Wildman–Crippen MR) is 76.0 cm³/mol. The summed E-state index contributed by atoms with van der Waals surface area (Å²) in [6.45, 7) is 29.5. The Hall–Kier alpha value is -1.34. The Labute approximate surface area is 158 Å². The van der Waals surface area contributed by atoms with Crippen LogP contribution in [-0.2, 0) is 52.1 Å². The fourth-order valence-electron chi connectivity index (χ4n) is 2.50.